The van der Waals surface area contributed by atoms with Gasteiger partial charge in [-0.3, -0.25) is 0 Å². The molecule has 0 aliphatic heterocycles. The van der Waals surface area contributed by atoms with Crippen molar-refractivity contribution in [1.29, 1.82) is 0 Å². The first kappa shape index (κ1) is 16.5. The molecule has 0 aliphatic rings. The lowest BCUT2D eigenvalue weighted by atomic mass is 10.1. The summed E-state index contributed by atoms with van der Waals surface area (Å²) in [6.07, 6.45) is 6.83. The number of pyridine rings is 1. The van der Waals surface area contributed by atoms with E-state index >= 15 is 0 Å². The van der Waals surface area contributed by atoms with Gasteiger partial charge in [0.1, 0.15) is 23.8 Å². The van der Waals surface area contributed by atoms with Gasteiger partial charge in [-0.15, -0.1) is 0 Å². The molecule has 4 heterocycles. The van der Waals surface area contributed by atoms with Crippen molar-refractivity contribution in [2.24, 2.45) is 0 Å². The zero-order chi connectivity index (χ0) is 19.3. The highest BCUT2D eigenvalue weighted by Gasteiger charge is 2.13. The number of halogens is 2. The first-order chi connectivity index (χ1) is 13.6. The lowest BCUT2D eigenvalue weighted by Crippen LogP contribution is -2.03. The number of benzene rings is 1. The van der Waals surface area contributed by atoms with E-state index in [0.29, 0.717) is 17.8 Å². The third kappa shape index (κ3) is 2.70. The highest BCUT2D eigenvalue weighted by molar-refractivity contribution is 5.85. The topological polar surface area (TPSA) is 60.9 Å². The molecule has 0 radical (unpaired) electrons. The van der Waals surface area contributed by atoms with Crippen LogP contribution >= 0.6 is 0 Å². The number of hydrogen-bond donors (Lipinski definition) is 0. The summed E-state index contributed by atoms with van der Waals surface area (Å²) in [5.74, 6) is -0.485. The van der Waals surface area contributed by atoms with Crippen molar-refractivity contribution >= 4 is 16.7 Å². The van der Waals surface area contributed by atoms with Gasteiger partial charge in [0.25, 0.3) is 0 Å². The summed E-state index contributed by atoms with van der Waals surface area (Å²) in [5.41, 5.74) is 4.58. The molecule has 0 saturated carbocycles. The SMILES string of the molecule is Cc1nc2ncc(-c3ccn4ncncc34)cc2n1Cc1cc(F)cc(F)c1. The fraction of sp³-hybridized carbons (Fsp3) is 0.100. The summed E-state index contributed by atoms with van der Waals surface area (Å²) in [4.78, 5) is 13.0. The van der Waals surface area contributed by atoms with E-state index in [2.05, 4.69) is 20.1 Å². The van der Waals surface area contributed by atoms with Crippen molar-refractivity contribution in [2.45, 2.75) is 13.5 Å². The van der Waals surface area contributed by atoms with Crippen LogP contribution < -0.4 is 0 Å². The normalized spacial score (nSPS) is 11.5. The third-order valence-electron chi connectivity index (χ3n) is 4.72. The van der Waals surface area contributed by atoms with Crippen LogP contribution in [0, 0.1) is 18.6 Å². The maximum absolute atomic E-state index is 13.6. The van der Waals surface area contributed by atoms with E-state index in [1.807, 2.05) is 29.8 Å². The van der Waals surface area contributed by atoms with E-state index in [1.165, 1.54) is 18.5 Å². The van der Waals surface area contributed by atoms with Crippen LogP contribution in [0.25, 0.3) is 27.8 Å². The van der Waals surface area contributed by atoms with Crippen LogP contribution in [0.5, 0.6) is 0 Å². The van der Waals surface area contributed by atoms with Gasteiger partial charge in [0.05, 0.1) is 17.2 Å². The van der Waals surface area contributed by atoms with E-state index in [4.69, 9.17) is 0 Å². The minimum Gasteiger partial charge on any atom is -0.322 e. The van der Waals surface area contributed by atoms with Crippen molar-refractivity contribution in [1.82, 2.24) is 29.1 Å². The van der Waals surface area contributed by atoms with Gasteiger partial charge >= 0.3 is 0 Å². The molecule has 1 aromatic carbocycles. The van der Waals surface area contributed by atoms with Crippen LogP contribution in [-0.2, 0) is 6.54 Å². The Balaban J connectivity index is 1.64. The second-order valence-electron chi connectivity index (χ2n) is 6.56. The van der Waals surface area contributed by atoms with Crippen molar-refractivity contribution in [3.8, 4) is 11.1 Å². The summed E-state index contributed by atoms with van der Waals surface area (Å²) in [5, 5.41) is 4.18. The molecule has 4 aromatic heterocycles. The van der Waals surface area contributed by atoms with Gasteiger partial charge in [0.2, 0.25) is 0 Å². The Labute approximate surface area is 158 Å². The molecule has 5 aromatic rings. The Kier molecular flexibility index (Phi) is 3.65. The smallest absolute Gasteiger partial charge is 0.177 e. The largest absolute Gasteiger partial charge is 0.322 e. The molecule has 138 valence electrons. The minimum absolute atomic E-state index is 0.293. The van der Waals surface area contributed by atoms with Crippen molar-refractivity contribution < 1.29 is 8.78 Å². The van der Waals surface area contributed by atoms with E-state index < -0.39 is 11.6 Å². The van der Waals surface area contributed by atoms with Crippen molar-refractivity contribution in [2.75, 3.05) is 0 Å². The predicted molar refractivity (Wildman–Crippen MR) is 99.7 cm³/mol. The maximum Gasteiger partial charge on any atom is 0.177 e. The monoisotopic (exact) mass is 376 g/mol. The van der Waals surface area contributed by atoms with Crippen LogP contribution in [0.4, 0.5) is 8.78 Å². The van der Waals surface area contributed by atoms with Crippen LogP contribution in [0.2, 0.25) is 0 Å². The number of rotatable bonds is 3. The summed E-state index contributed by atoms with van der Waals surface area (Å²) in [6.45, 7) is 2.14. The first-order valence-corrected chi connectivity index (χ1v) is 8.64. The zero-order valence-electron chi connectivity index (χ0n) is 14.8. The van der Waals surface area contributed by atoms with Crippen molar-refractivity contribution in [3.63, 3.8) is 0 Å². The van der Waals surface area contributed by atoms with Gasteiger partial charge < -0.3 is 4.57 Å². The molecule has 0 spiro atoms. The molecule has 0 aliphatic carbocycles. The van der Waals surface area contributed by atoms with E-state index in [9.17, 15) is 8.78 Å². The van der Waals surface area contributed by atoms with Gasteiger partial charge in [-0.25, -0.2) is 28.2 Å². The summed E-state index contributed by atoms with van der Waals surface area (Å²) < 4.78 is 30.8. The second-order valence-corrected chi connectivity index (χ2v) is 6.56. The van der Waals surface area contributed by atoms with Crippen LogP contribution in [-0.4, -0.2) is 29.1 Å². The second kappa shape index (κ2) is 6.19. The molecule has 28 heavy (non-hydrogen) atoms. The highest BCUT2D eigenvalue weighted by Crippen LogP contribution is 2.27. The van der Waals surface area contributed by atoms with Gasteiger partial charge in [-0.05, 0) is 36.8 Å². The van der Waals surface area contributed by atoms with Gasteiger partial charge in [0, 0.05) is 36.1 Å². The fourth-order valence-corrected chi connectivity index (χ4v) is 3.45. The van der Waals surface area contributed by atoms with Gasteiger partial charge in [-0.1, -0.05) is 0 Å². The Hall–Kier alpha value is -3.68. The molecule has 6 nitrogen and oxygen atoms in total. The molecular weight excluding hydrogens is 362 g/mol. The number of hydrogen-bond acceptors (Lipinski definition) is 4. The number of nitrogens with zero attached hydrogens (tertiary/aromatic N) is 6. The van der Waals surface area contributed by atoms with Crippen molar-refractivity contribution in [3.05, 3.63) is 78.3 Å². The third-order valence-corrected chi connectivity index (χ3v) is 4.72. The number of fused-ring (bicyclic) bond motifs is 2. The Morgan fingerprint density at radius 3 is 2.64 bits per heavy atom. The van der Waals surface area contributed by atoms with E-state index in [0.717, 1.165) is 34.1 Å². The molecule has 0 atom stereocenters. The molecule has 0 unspecified atom stereocenters. The van der Waals surface area contributed by atoms with Crippen LogP contribution in [0.3, 0.4) is 0 Å². The lowest BCUT2D eigenvalue weighted by Gasteiger charge is -2.08. The Morgan fingerprint density at radius 1 is 1.00 bits per heavy atom. The fourth-order valence-electron chi connectivity index (χ4n) is 3.45. The molecule has 0 fully saturated rings. The molecule has 0 bridgehead atoms. The molecule has 0 N–H and O–H groups in total. The predicted octanol–water partition coefficient (Wildman–Crippen LogP) is 3.78. The lowest BCUT2D eigenvalue weighted by molar-refractivity contribution is 0.577. The highest BCUT2D eigenvalue weighted by atomic mass is 19.1. The van der Waals surface area contributed by atoms with E-state index in [1.54, 1.807) is 16.9 Å². The number of aryl methyl sites for hydroxylation is 1. The molecule has 0 saturated heterocycles. The molecule has 5 rings (SSSR count). The quantitative estimate of drug-likeness (QED) is 0.481. The van der Waals surface area contributed by atoms with Crippen LogP contribution in [0.1, 0.15) is 11.4 Å². The summed E-state index contributed by atoms with van der Waals surface area (Å²) in [7, 11) is 0. The average Bonchev–Trinajstić information content (AvgIpc) is 3.22. The average molecular weight is 376 g/mol. The minimum atomic E-state index is -0.601. The number of aromatic nitrogens is 6. The molecule has 0 amide bonds. The Morgan fingerprint density at radius 2 is 1.82 bits per heavy atom. The Bertz CT molecular complexity index is 1320. The molecule has 8 heteroatoms. The maximum atomic E-state index is 13.6. The van der Waals surface area contributed by atoms with E-state index in [-0.39, 0.29) is 0 Å². The summed E-state index contributed by atoms with van der Waals surface area (Å²) >= 11 is 0. The zero-order valence-corrected chi connectivity index (χ0v) is 14.8. The number of imidazole rings is 1. The van der Waals surface area contributed by atoms with Gasteiger partial charge in [-0.2, -0.15) is 5.10 Å². The summed E-state index contributed by atoms with van der Waals surface area (Å²) in [6, 6.07) is 7.43. The van der Waals surface area contributed by atoms with Gasteiger partial charge in [0.15, 0.2) is 5.65 Å². The standard InChI is InChI=1S/C20H14F2N6/c1-12-26-20-18(27(12)10-13-4-15(21)7-16(22)5-13)6-14(8-24-20)17-2-3-28-19(17)9-23-11-25-28/h2-9,11H,10H2,1H3. The molecular formula is C20H14F2N6. The first-order valence-electron chi connectivity index (χ1n) is 8.64. The van der Waals surface area contributed by atoms with Crippen LogP contribution in [0.15, 0.2) is 55.2 Å².